The fourth-order valence-electron chi connectivity index (χ4n) is 1.94. The maximum atomic E-state index is 11.9. The van der Waals surface area contributed by atoms with Gasteiger partial charge in [0.25, 0.3) is 11.8 Å². The van der Waals surface area contributed by atoms with E-state index in [9.17, 15) is 14.4 Å². The van der Waals surface area contributed by atoms with Crippen LogP contribution in [0.1, 0.15) is 5.56 Å². The molecule has 1 saturated heterocycles. The highest BCUT2D eigenvalue weighted by molar-refractivity contribution is 7.98. The predicted molar refractivity (Wildman–Crippen MR) is 80.5 cm³/mol. The highest BCUT2D eigenvalue weighted by Gasteiger charge is 2.37. The summed E-state index contributed by atoms with van der Waals surface area (Å²) in [6, 6.07) is 8.13. The molecule has 2 unspecified atom stereocenters. The largest absolute Gasteiger partial charge is 0.357 e. The molecule has 1 aliphatic heterocycles. The number of carbonyl (C=O) groups is 3. The number of thioether (sulfide) groups is 1. The Balaban J connectivity index is 1.84. The normalized spacial score (nSPS) is 21.4. The first-order valence-electron chi connectivity index (χ1n) is 6.56. The summed E-state index contributed by atoms with van der Waals surface area (Å²) < 4.78 is 0. The summed E-state index contributed by atoms with van der Waals surface area (Å²) in [5, 5.41) is 7.37. The maximum absolute atomic E-state index is 11.9. The number of likely N-dealkylation sites (N-methyl/N-ethyl adjacent to an activating group) is 1. The average molecular weight is 307 g/mol. The molecule has 6 nitrogen and oxygen atoms in total. The first-order chi connectivity index (χ1) is 10.1. The predicted octanol–water partition coefficient (Wildman–Crippen LogP) is -0.351. The molecule has 0 spiro atoms. The maximum Gasteiger partial charge on any atom is 0.253 e. The second-order valence-electron chi connectivity index (χ2n) is 4.62. The lowest BCUT2D eigenvalue weighted by atomic mass is 10.1. The number of rotatable bonds is 5. The smallest absolute Gasteiger partial charge is 0.253 e. The van der Waals surface area contributed by atoms with E-state index in [0.29, 0.717) is 5.75 Å². The Morgan fingerprint density at radius 2 is 1.90 bits per heavy atom. The molecule has 0 aliphatic carbocycles. The highest BCUT2D eigenvalue weighted by Crippen LogP contribution is 2.14. The first kappa shape index (κ1) is 15.4. The number of hydrogen-bond donors (Lipinski definition) is 3. The van der Waals surface area contributed by atoms with Crippen LogP contribution in [0.5, 0.6) is 0 Å². The Hall–Kier alpha value is -2.02. The zero-order valence-corrected chi connectivity index (χ0v) is 12.4. The van der Waals surface area contributed by atoms with Gasteiger partial charge in [-0.25, -0.2) is 0 Å². The molecule has 21 heavy (non-hydrogen) atoms. The SMILES string of the molecule is CNC(=O)C1NC(=O)C(CSCc2ccccc2)NC1=O. The number of piperazine rings is 1. The molecule has 0 bridgehead atoms. The van der Waals surface area contributed by atoms with Crippen LogP contribution in [-0.2, 0) is 20.1 Å². The van der Waals surface area contributed by atoms with Crippen molar-refractivity contribution in [2.45, 2.75) is 17.8 Å². The molecule has 1 aliphatic rings. The van der Waals surface area contributed by atoms with E-state index in [1.807, 2.05) is 30.3 Å². The van der Waals surface area contributed by atoms with Crippen LogP contribution in [0.2, 0.25) is 0 Å². The molecule has 1 heterocycles. The molecule has 1 fully saturated rings. The van der Waals surface area contributed by atoms with E-state index in [4.69, 9.17) is 0 Å². The molecular weight excluding hydrogens is 290 g/mol. The fraction of sp³-hybridized carbons (Fsp3) is 0.357. The average Bonchev–Trinajstić information content (AvgIpc) is 2.50. The first-order valence-corrected chi connectivity index (χ1v) is 7.71. The Bertz CT molecular complexity index is 536. The van der Waals surface area contributed by atoms with E-state index in [1.165, 1.54) is 7.05 Å². The van der Waals surface area contributed by atoms with Crippen molar-refractivity contribution in [2.75, 3.05) is 12.8 Å². The van der Waals surface area contributed by atoms with Gasteiger partial charge in [-0.15, -0.1) is 0 Å². The van der Waals surface area contributed by atoms with Crippen molar-refractivity contribution < 1.29 is 14.4 Å². The monoisotopic (exact) mass is 307 g/mol. The topological polar surface area (TPSA) is 87.3 Å². The molecule has 1 aromatic rings. The Morgan fingerprint density at radius 3 is 2.57 bits per heavy atom. The summed E-state index contributed by atoms with van der Waals surface area (Å²) in [6.45, 7) is 0. The van der Waals surface area contributed by atoms with E-state index in [1.54, 1.807) is 11.8 Å². The van der Waals surface area contributed by atoms with Crippen molar-refractivity contribution in [1.82, 2.24) is 16.0 Å². The second-order valence-corrected chi connectivity index (χ2v) is 5.65. The van der Waals surface area contributed by atoms with Gasteiger partial charge in [0, 0.05) is 18.6 Å². The van der Waals surface area contributed by atoms with Crippen LogP contribution in [0, 0.1) is 0 Å². The summed E-state index contributed by atoms with van der Waals surface area (Å²) in [5.74, 6) is -0.0917. The van der Waals surface area contributed by atoms with E-state index in [-0.39, 0.29) is 5.91 Å². The van der Waals surface area contributed by atoms with Crippen molar-refractivity contribution in [3.63, 3.8) is 0 Å². The van der Waals surface area contributed by atoms with E-state index in [2.05, 4.69) is 16.0 Å². The molecule has 2 atom stereocenters. The van der Waals surface area contributed by atoms with Gasteiger partial charge in [-0.2, -0.15) is 11.8 Å². The minimum Gasteiger partial charge on any atom is -0.357 e. The third-order valence-electron chi connectivity index (χ3n) is 3.09. The van der Waals surface area contributed by atoms with Crippen LogP contribution in [0.15, 0.2) is 30.3 Å². The lowest BCUT2D eigenvalue weighted by molar-refractivity contribution is -0.141. The van der Waals surface area contributed by atoms with Crippen LogP contribution < -0.4 is 16.0 Å². The third-order valence-corrected chi connectivity index (χ3v) is 4.19. The minimum absolute atomic E-state index is 0.330. The van der Waals surface area contributed by atoms with Crippen LogP contribution in [0.25, 0.3) is 0 Å². The van der Waals surface area contributed by atoms with Gasteiger partial charge in [-0.1, -0.05) is 30.3 Å². The standard InChI is InChI=1S/C14H17N3O3S/c1-15-13(19)11-14(20)16-10(12(18)17-11)8-21-7-9-5-3-2-4-6-9/h2-6,10-11H,7-8H2,1H3,(H,15,19)(H,16,20)(H,17,18). The number of benzene rings is 1. The van der Waals surface area contributed by atoms with Crippen LogP contribution in [0.3, 0.4) is 0 Å². The molecule has 0 saturated carbocycles. The quantitative estimate of drug-likeness (QED) is 0.649. The fourth-order valence-corrected chi connectivity index (χ4v) is 2.96. The summed E-state index contributed by atoms with van der Waals surface area (Å²) in [6.07, 6.45) is 0. The minimum atomic E-state index is -1.14. The summed E-state index contributed by atoms with van der Waals surface area (Å²) in [4.78, 5) is 35.1. The Labute approximate surface area is 127 Å². The summed E-state index contributed by atoms with van der Waals surface area (Å²) in [5.41, 5.74) is 1.16. The van der Waals surface area contributed by atoms with Crippen molar-refractivity contribution >= 4 is 29.5 Å². The van der Waals surface area contributed by atoms with Gasteiger partial charge in [-0.3, -0.25) is 14.4 Å². The Morgan fingerprint density at radius 1 is 1.19 bits per heavy atom. The lowest BCUT2D eigenvalue weighted by Gasteiger charge is -2.28. The van der Waals surface area contributed by atoms with Crippen LogP contribution >= 0.6 is 11.8 Å². The molecule has 112 valence electrons. The van der Waals surface area contributed by atoms with Gasteiger partial charge < -0.3 is 16.0 Å². The van der Waals surface area contributed by atoms with Crippen molar-refractivity contribution in [3.05, 3.63) is 35.9 Å². The molecule has 3 N–H and O–H groups in total. The van der Waals surface area contributed by atoms with Gasteiger partial charge in [-0.05, 0) is 5.56 Å². The van der Waals surface area contributed by atoms with E-state index < -0.39 is 23.9 Å². The molecule has 7 heteroatoms. The van der Waals surface area contributed by atoms with Crippen molar-refractivity contribution in [1.29, 1.82) is 0 Å². The number of carbonyl (C=O) groups excluding carboxylic acids is 3. The van der Waals surface area contributed by atoms with Crippen LogP contribution in [0.4, 0.5) is 0 Å². The molecule has 3 amide bonds. The zero-order valence-electron chi connectivity index (χ0n) is 11.6. The lowest BCUT2D eigenvalue weighted by Crippen LogP contribution is -2.66. The Kier molecular flexibility index (Phi) is 5.21. The molecular formula is C14H17N3O3S. The summed E-state index contributed by atoms with van der Waals surface area (Å²) >= 11 is 1.56. The third kappa shape index (κ3) is 3.98. The van der Waals surface area contributed by atoms with Crippen molar-refractivity contribution in [2.24, 2.45) is 0 Å². The molecule has 0 aromatic heterocycles. The van der Waals surface area contributed by atoms with E-state index >= 15 is 0 Å². The molecule has 1 aromatic carbocycles. The summed E-state index contributed by atoms with van der Waals surface area (Å²) in [7, 11) is 1.42. The second kappa shape index (κ2) is 7.12. The zero-order chi connectivity index (χ0) is 15.2. The molecule has 2 rings (SSSR count). The van der Waals surface area contributed by atoms with E-state index in [0.717, 1.165) is 11.3 Å². The molecule has 0 radical (unpaired) electrons. The number of nitrogens with one attached hydrogen (secondary N) is 3. The van der Waals surface area contributed by atoms with Crippen LogP contribution in [-0.4, -0.2) is 42.6 Å². The van der Waals surface area contributed by atoms with Gasteiger partial charge in [0.2, 0.25) is 5.91 Å². The van der Waals surface area contributed by atoms with Gasteiger partial charge in [0.1, 0.15) is 6.04 Å². The van der Waals surface area contributed by atoms with Crippen molar-refractivity contribution in [3.8, 4) is 0 Å². The number of amides is 3. The highest BCUT2D eigenvalue weighted by atomic mass is 32.2. The van der Waals surface area contributed by atoms with Gasteiger partial charge in [0.15, 0.2) is 6.04 Å². The number of hydrogen-bond acceptors (Lipinski definition) is 4. The van der Waals surface area contributed by atoms with Gasteiger partial charge in [0.05, 0.1) is 0 Å². The van der Waals surface area contributed by atoms with Gasteiger partial charge >= 0.3 is 0 Å².